The van der Waals surface area contributed by atoms with Crippen molar-refractivity contribution in [2.24, 2.45) is 0 Å². The number of halogens is 2. The molecular weight excluding hydrogens is 524 g/mol. The van der Waals surface area contributed by atoms with Crippen molar-refractivity contribution in [3.63, 3.8) is 0 Å². The predicted octanol–water partition coefficient (Wildman–Crippen LogP) is 5.25. The lowest BCUT2D eigenvalue weighted by molar-refractivity contribution is -0.0180. The number of nitrogens with zero attached hydrogens (tertiary/aromatic N) is 4. The minimum absolute atomic E-state index is 0.0353. The maximum Gasteiger partial charge on any atom is 0.420 e. The van der Waals surface area contributed by atoms with Crippen LogP contribution in [0.3, 0.4) is 0 Å². The molecule has 212 valence electrons. The number of carbonyl (C=O) groups is 1. The molecule has 0 radical (unpaired) electrons. The van der Waals surface area contributed by atoms with Crippen molar-refractivity contribution in [2.45, 2.75) is 32.3 Å². The maximum atomic E-state index is 14.7. The van der Waals surface area contributed by atoms with E-state index in [4.69, 9.17) is 18.9 Å². The van der Waals surface area contributed by atoms with E-state index in [1.807, 2.05) is 0 Å². The van der Waals surface area contributed by atoms with Crippen molar-refractivity contribution in [2.75, 3.05) is 50.3 Å². The lowest BCUT2D eigenvalue weighted by Gasteiger charge is -2.26. The van der Waals surface area contributed by atoms with Crippen LogP contribution >= 0.6 is 0 Å². The molecule has 0 aliphatic carbocycles. The van der Waals surface area contributed by atoms with Crippen molar-refractivity contribution in [3.8, 4) is 17.2 Å². The molecule has 1 amide bonds. The summed E-state index contributed by atoms with van der Waals surface area (Å²) in [4.78, 5) is 24.8. The molecule has 5 rings (SSSR count). The van der Waals surface area contributed by atoms with Gasteiger partial charge in [-0.25, -0.2) is 18.6 Å². The average Bonchev–Trinajstić information content (AvgIpc) is 2.96. The Labute approximate surface area is 230 Å². The number of anilines is 3. The quantitative estimate of drug-likeness (QED) is 0.355. The summed E-state index contributed by atoms with van der Waals surface area (Å²) < 4.78 is 50.3. The molecule has 1 fully saturated rings. The Morgan fingerprint density at radius 1 is 1.12 bits per heavy atom. The van der Waals surface area contributed by atoms with E-state index in [2.05, 4.69) is 20.2 Å². The topological polar surface area (TPSA) is 98.3 Å². The van der Waals surface area contributed by atoms with Crippen LogP contribution in [0, 0.1) is 11.6 Å². The molecule has 0 bridgehead atoms. The molecule has 0 atom stereocenters. The second kappa shape index (κ2) is 12.9. The van der Waals surface area contributed by atoms with Crippen LogP contribution in [0.5, 0.6) is 17.2 Å². The first kappa shape index (κ1) is 27.5. The molecule has 0 saturated carbocycles. The number of rotatable bonds is 9. The molecule has 40 heavy (non-hydrogen) atoms. The number of aromatic nitrogens is 2. The summed E-state index contributed by atoms with van der Waals surface area (Å²) >= 11 is 0. The Balaban J connectivity index is 1.17. The van der Waals surface area contributed by atoms with Gasteiger partial charge in [0.1, 0.15) is 11.6 Å². The largest absolute Gasteiger partial charge is 0.490 e. The van der Waals surface area contributed by atoms with Gasteiger partial charge < -0.3 is 29.2 Å². The van der Waals surface area contributed by atoms with E-state index in [9.17, 15) is 13.6 Å². The van der Waals surface area contributed by atoms with Crippen molar-refractivity contribution in [1.29, 1.82) is 0 Å². The molecule has 1 saturated heterocycles. The number of hydrogen-bond donors (Lipinski definition) is 1. The third kappa shape index (κ3) is 6.93. The number of carbonyl (C=O) groups excluding carboxylic acids is 1. The standard InChI is InChI=1S/C28H31F2N5O5/c1-34(28(36)40-24-15-20(29)14-19-17-37-18-39-26(19)24)25-8-9-31-27(33-25)32-21-6-7-23(22(30)16-21)38-13-5-12-35-10-3-2-4-11-35/h6-9,14-16H,2-5,10-13,17-18H2,1H3,(H,31,32,33). The predicted molar refractivity (Wildman–Crippen MR) is 143 cm³/mol. The summed E-state index contributed by atoms with van der Waals surface area (Å²) in [7, 11) is 1.45. The molecule has 2 aromatic carbocycles. The SMILES string of the molecule is CN(C(=O)Oc1cc(F)cc2c1OCOC2)c1ccnc(Nc2ccc(OCCCN3CCCCC3)c(F)c2)n1. The third-order valence-electron chi connectivity index (χ3n) is 6.61. The van der Waals surface area contributed by atoms with E-state index in [-0.39, 0.29) is 42.4 Å². The van der Waals surface area contributed by atoms with E-state index >= 15 is 0 Å². The van der Waals surface area contributed by atoms with E-state index in [0.717, 1.165) is 37.0 Å². The fourth-order valence-electron chi connectivity index (χ4n) is 4.55. The second-order valence-corrected chi connectivity index (χ2v) is 9.54. The highest BCUT2D eigenvalue weighted by molar-refractivity contribution is 5.88. The first-order valence-electron chi connectivity index (χ1n) is 13.2. The van der Waals surface area contributed by atoms with Gasteiger partial charge >= 0.3 is 6.09 Å². The van der Waals surface area contributed by atoms with Gasteiger partial charge in [0.2, 0.25) is 5.95 Å². The van der Waals surface area contributed by atoms with Crippen LogP contribution in [0.25, 0.3) is 0 Å². The number of ether oxygens (including phenoxy) is 4. The minimum atomic E-state index is -0.819. The minimum Gasteiger partial charge on any atom is -0.490 e. The van der Waals surface area contributed by atoms with Crippen LogP contribution in [-0.2, 0) is 11.3 Å². The van der Waals surface area contributed by atoms with Gasteiger partial charge in [-0.1, -0.05) is 6.42 Å². The lowest BCUT2D eigenvalue weighted by atomic mass is 10.1. The molecular formula is C28H31F2N5O5. The van der Waals surface area contributed by atoms with Crippen LogP contribution in [0.2, 0.25) is 0 Å². The Bertz CT molecular complexity index is 1340. The van der Waals surface area contributed by atoms with Gasteiger partial charge in [0.25, 0.3) is 0 Å². The highest BCUT2D eigenvalue weighted by atomic mass is 19.1. The number of nitrogens with one attached hydrogen (secondary N) is 1. The van der Waals surface area contributed by atoms with E-state index in [1.165, 1.54) is 50.7 Å². The maximum absolute atomic E-state index is 14.7. The van der Waals surface area contributed by atoms with Gasteiger partial charge in [-0.2, -0.15) is 4.98 Å². The van der Waals surface area contributed by atoms with Gasteiger partial charge in [0.15, 0.2) is 29.9 Å². The molecule has 0 unspecified atom stereocenters. The van der Waals surface area contributed by atoms with Crippen LogP contribution in [0.4, 0.5) is 31.0 Å². The average molecular weight is 556 g/mol. The first-order chi connectivity index (χ1) is 19.5. The Morgan fingerprint density at radius 3 is 2.80 bits per heavy atom. The number of piperidine rings is 1. The Morgan fingerprint density at radius 2 is 1.98 bits per heavy atom. The van der Waals surface area contributed by atoms with Gasteiger partial charge in [-0.3, -0.25) is 4.90 Å². The van der Waals surface area contributed by atoms with Crippen LogP contribution in [-0.4, -0.2) is 61.0 Å². The molecule has 2 aliphatic rings. The number of likely N-dealkylation sites (tertiary alicyclic amines) is 1. The summed E-state index contributed by atoms with van der Waals surface area (Å²) in [5.41, 5.74) is 0.845. The van der Waals surface area contributed by atoms with Gasteiger partial charge in [0, 0.05) is 43.2 Å². The van der Waals surface area contributed by atoms with Crippen molar-refractivity contribution >= 4 is 23.5 Å². The molecule has 1 aromatic heterocycles. The van der Waals surface area contributed by atoms with E-state index in [1.54, 1.807) is 12.1 Å². The first-order valence-corrected chi connectivity index (χ1v) is 13.2. The van der Waals surface area contributed by atoms with Crippen LogP contribution in [0.15, 0.2) is 42.6 Å². The highest BCUT2D eigenvalue weighted by Gasteiger charge is 2.23. The van der Waals surface area contributed by atoms with Crippen molar-refractivity contribution < 1.29 is 32.5 Å². The number of benzene rings is 2. The molecule has 1 N–H and O–H groups in total. The lowest BCUT2D eigenvalue weighted by Crippen LogP contribution is -2.31. The number of amides is 1. The summed E-state index contributed by atoms with van der Waals surface area (Å²) in [5.74, 6) is -0.403. The molecule has 3 aromatic rings. The van der Waals surface area contributed by atoms with Crippen LogP contribution in [0.1, 0.15) is 31.2 Å². The molecule has 2 aliphatic heterocycles. The van der Waals surface area contributed by atoms with Gasteiger partial charge in [-0.05, 0) is 56.6 Å². The van der Waals surface area contributed by atoms with E-state index < -0.39 is 17.7 Å². The zero-order valence-electron chi connectivity index (χ0n) is 22.2. The van der Waals surface area contributed by atoms with Crippen molar-refractivity contribution in [3.05, 3.63) is 59.8 Å². The second-order valence-electron chi connectivity index (χ2n) is 9.54. The van der Waals surface area contributed by atoms with Gasteiger partial charge in [-0.15, -0.1) is 0 Å². The van der Waals surface area contributed by atoms with E-state index in [0.29, 0.717) is 17.9 Å². The molecule has 0 spiro atoms. The normalized spacial score (nSPS) is 15.1. The summed E-state index contributed by atoms with van der Waals surface area (Å²) in [6.45, 7) is 3.73. The van der Waals surface area contributed by atoms with Crippen LogP contribution < -0.4 is 24.4 Å². The fourth-order valence-corrected chi connectivity index (χ4v) is 4.55. The summed E-state index contributed by atoms with van der Waals surface area (Å²) in [5, 5.41) is 2.93. The third-order valence-corrected chi connectivity index (χ3v) is 6.61. The fraction of sp³-hybridized carbons (Fsp3) is 0.393. The summed E-state index contributed by atoms with van der Waals surface area (Å²) in [6, 6.07) is 8.34. The zero-order valence-corrected chi connectivity index (χ0v) is 22.2. The number of fused-ring (bicyclic) bond motifs is 1. The molecule has 3 heterocycles. The molecule has 12 heteroatoms. The molecule has 10 nitrogen and oxygen atoms in total. The van der Waals surface area contributed by atoms with Gasteiger partial charge in [0.05, 0.1) is 13.2 Å². The Kier molecular flexibility index (Phi) is 8.87. The number of hydrogen-bond acceptors (Lipinski definition) is 9. The van der Waals surface area contributed by atoms with Crippen molar-refractivity contribution in [1.82, 2.24) is 14.9 Å². The smallest absolute Gasteiger partial charge is 0.420 e. The zero-order chi connectivity index (χ0) is 27.9. The Hall–Kier alpha value is -4.03. The monoisotopic (exact) mass is 555 g/mol. The summed E-state index contributed by atoms with van der Waals surface area (Å²) in [6.07, 6.45) is 5.22. The highest BCUT2D eigenvalue weighted by Crippen LogP contribution is 2.36.